The Morgan fingerprint density at radius 1 is 1.48 bits per heavy atom. The number of rotatable bonds is 4. The van der Waals surface area contributed by atoms with E-state index in [0.717, 1.165) is 23.1 Å². The first-order chi connectivity index (χ1) is 10.1. The van der Waals surface area contributed by atoms with Gasteiger partial charge in [0.15, 0.2) is 5.16 Å². The van der Waals surface area contributed by atoms with Gasteiger partial charge in [-0.15, -0.1) is 0 Å². The molecule has 2 aromatic rings. The SMILES string of the molecule is CC(C)n1cc(NC(=O)NCc2cn3c(n2)SCC3)cn1. The van der Waals surface area contributed by atoms with E-state index in [9.17, 15) is 4.79 Å². The van der Waals surface area contributed by atoms with Crippen molar-refractivity contribution in [1.29, 1.82) is 0 Å². The molecule has 0 unspecified atom stereocenters. The van der Waals surface area contributed by atoms with Crippen molar-refractivity contribution in [2.75, 3.05) is 11.1 Å². The van der Waals surface area contributed by atoms with E-state index in [4.69, 9.17) is 0 Å². The number of anilines is 1. The van der Waals surface area contributed by atoms with Gasteiger partial charge in [-0.25, -0.2) is 9.78 Å². The summed E-state index contributed by atoms with van der Waals surface area (Å²) in [5.41, 5.74) is 1.56. The highest BCUT2D eigenvalue weighted by atomic mass is 32.2. The summed E-state index contributed by atoms with van der Waals surface area (Å²) in [6.45, 7) is 5.48. The molecule has 21 heavy (non-hydrogen) atoms. The van der Waals surface area contributed by atoms with Gasteiger partial charge >= 0.3 is 6.03 Å². The summed E-state index contributed by atoms with van der Waals surface area (Å²) in [5, 5.41) is 10.8. The Labute approximate surface area is 127 Å². The van der Waals surface area contributed by atoms with Gasteiger partial charge in [-0.05, 0) is 13.8 Å². The second-order valence-corrected chi connectivity index (χ2v) is 6.23. The Hall–Kier alpha value is -1.96. The number of nitrogens with one attached hydrogen (secondary N) is 2. The van der Waals surface area contributed by atoms with Gasteiger partial charge in [0.05, 0.1) is 24.1 Å². The monoisotopic (exact) mass is 306 g/mol. The summed E-state index contributed by atoms with van der Waals surface area (Å²) in [6, 6.07) is 0.0214. The minimum atomic E-state index is -0.251. The molecular formula is C13H18N6OS. The number of urea groups is 1. The molecule has 2 amide bonds. The van der Waals surface area contributed by atoms with E-state index in [1.54, 1.807) is 22.6 Å². The number of aryl methyl sites for hydroxylation is 1. The number of imidazole rings is 1. The predicted molar refractivity (Wildman–Crippen MR) is 81.4 cm³/mol. The Balaban J connectivity index is 1.51. The van der Waals surface area contributed by atoms with Crippen molar-refractivity contribution in [1.82, 2.24) is 24.6 Å². The topological polar surface area (TPSA) is 76.8 Å². The molecule has 0 aliphatic carbocycles. The number of carbonyl (C=O) groups excluding carboxylic acids is 1. The molecule has 0 bridgehead atoms. The van der Waals surface area contributed by atoms with Crippen LogP contribution in [0.3, 0.4) is 0 Å². The van der Waals surface area contributed by atoms with E-state index in [1.165, 1.54) is 0 Å². The average molecular weight is 306 g/mol. The van der Waals surface area contributed by atoms with Gasteiger partial charge in [-0.1, -0.05) is 11.8 Å². The number of thioether (sulfide) groups is 1. The Morgan fingerprint density at radius 3 is 3.05 bits per heavy atom. The highest BCUT2D eigenvalue weighted by Gasteiger charge is 2.14. The number of nitrogens with zero attached hydrogens (tertiary/aromatic N) is 4. The fourth-order valence-corrected chi connectivity index (χ4v) is 3.04. The molecule has 3 rings (SSSR count). The van der Waals surface area contributed by atoms with E-state index in [2.05, 4.69) is 25.3 Å². The molecule has 1 aliphatic rings. The van der Waals surface area contributed by atoms with E-state index < -0.39 is 0 Å². The van der Waals surface area contributed by atoms with Crippen molar-refractivity contribution in [3.05, 3.63) is 24.3 Å². The molecular weight excluding hydrogens is 288 g/mol. The van der Waals surface area contributed by atoms with Crippen molar-refractivity contribution in [3.8, 4) is 0 Å². The number of fused-ring (bicyclic) bond motifs is 1. The van der Waals surface area contributed by atoms with Crippen molar-refractivity contribution >= 4 is 23.5 Å². The smallest absolute Gasteiger partial charge is 0.319 e. The minimum absolute atomic E-state index is 0.251. The molecule has 2 N–H and O–H groups in total. The third-order valence-corrected chi connectivity index (χ3v) is 4.14. The third-order valence-electron chi connectivity index (χ3n) is 3.17. The first kappa shape index (κ1) is 14.0. The standard InChI is InChI=1S/C13H18N6OS/c1-9(2)19-8-11(6-15-19)16-12(20)14-5-10-7-18-3-4-21-13(18)17-10/h6-9H,3-5H2,1-2H3,(H2,14,16,20). The maximum absolute atomic E-state index is 11.8. The maximum atomic E-state index is 11.8. The van der Waals surface area contributed by atoms with Crippen LogP contribution in [0.15, 0.2) is 23.7 Å². The number of amides is 2. The summed E-state index contributed by atoms with van der Waals surface area (Å²) in [5.74, 6) is 1.08. The second-order valence-electron chi connectivity index (χ2n) is 5.17. The average Bonchev–Trinajstić information content (AvgIpc) is 3.10. The normalized spacial score (nSPS) is 13.5. The first-order valence-electron chi connectivity index (χ1n) is 6.89. The van der Waals surface area contributed by atoms with Gasteiger partial charge in [0, 0.05) is 30.7 Å². The molecule has 8 heteroatoms. The van der Waals surface area contributed by atoms with Gasteiger partial charge < -0.3 is 15.2 Å². The molecule has 0 aromatic carbocycles. The zero-order valence-corrected chi connectivity index (χ0v) is 12.9. The maximum Gasteiger partial charge on any atom is 0.319 e. The van der Waals surface area contributed by atoms with Crippen LogP contribution in [0.5, 0.6) is 0 Å². The summed E-state index contributed by atoms with van der Waals surface area (Å²) >= 11 is 1.74. The molecule has 0 saturated heterocycles. The van der Waals surface area contributed by atoms with Crippen LogP contribution in [0.4, 0.5) is 10.5 Å². The molecule has 1 aliphatic heterocycles. The Bertz CT molecular complexity index is 625. The molecule has 0 saturated carbocycles. The fraction of sp³-hybridized carbons (Fsp3) is 0.462. The van der Waals surface area contributed by atoms with Gasteiger partial charge in [0.1, 0.15) is 0 Å². The van der Waals surface area contributed by atoms with Crippen LogP contribution in [0.25, 0.3) is 0 Å². The summed E-state index contributed by atoms with van der Waals surface area (Å²) in [4.78, 5) is 16.3. The largest absolute Gasteiger partial charge is 0.332 e. The summed E-state index contributed by atoms with van der Waals surface area (Å²) < 4.78 is 3.92. The van der Waals surface area contributed by atoms with Crippen LogP contribution < -0.4 is 10.6 Å². The molecule has 112 valence electrons. The minimum Gasteiger partial charge on any atom is -0.332 e. The van der Waals surface area contributed by atoms with Crippen molar-refractivity contribution < 1.29 is 4.79 Å². The number of carbonyl (C=O) groups is 1. The molecule has 7 nitrogen and oxygen atoms in total. The van der Waals surface area contributed by atoms with E-state index >= 15 is 0 Å². The van der Waals surface area contributed by atoms with Crippen LogP contribution in [-0.4, -0.2) is 31.1 Å². The van der Waals surface area contributed by atoms with Crippen molar-refractivity contribution in [2.24, 2.45) is 0 Å². The van der Waals surface area contributed by atoms with E-state index in [1.807, 2.05) is 26.2 Å². The van der Waals surface area contributed by atoms with E-state index in [0.29, 0.717) is 12.2 Å². The molecule has 3 heterocycles. The molecule has 0 fully saturated rings. The van der Waals surface area contributed by atoms with Crippen LogP contribution >= 0.6 is 11.8 Å². The van der Waals surface area contributed by atoms with E-state index in [-0.39, 0.29) is 12.1 Å². The molecule has 0 atom stereocenters. The quantitative estimate of drug-likeness (QED) is 0.907. The van der Waals surface area contributed by atoms with Gasteiger partial charge in [-0.2, -0.15) is 5.10 Å². The zero-order valence-electron chi connectivity index (χ0n) is 12.0. The van der Waals surface area contributed by atoms with Crippen LogP contribution in [-0.2, 0) is 13.1 Å². The zero-order chi connectivity index (χ0) is 14.8. The van der Waals surface area contributed by atoms with Gasteiger partial charge in [-0.3, -0.25) is 4.68 Å². The lowest BCUT2D eigenvalue weighted by Gasteiger charge is -2.05. The number of aromatic nitrogens is 4. The lowest BCUT2D eigenvalue weighted by Crippen LogP contribution is -2.28. The number of hydrogen-bond donors (Lipinski definition) is 2. The Morgan fingerprint density at radius 2 is 2.33 bits per heavy atom. The second kappa shape index (κ2) is 5.80. The predicted octanol–water partition coefficient (Wildman–Crippen LogP) is 2.09. The molecule has 0 spiro atoms. The lowest BCUT2D eigenvalue weighted by atomic mass is 10.4. The highest BCUT2D eigenvalue weighted by molar-refractivity contribution is 7.99. The molecule has 0 radical (unpaired) electrons. The van der Waals surface area contributed by atoms with Gasteiger partial charge in [0.2, 0.25) is 0 Å². The summed E-state index contributed by atoms with van der Waals surface area (Å²) in [7, 11) is 0. The van der Waals surface area contributed by atoms with Crippen LogP contribution in [0, 0.1) is 0 Å². The lowest BCUT2D eigenvalue weighted by molar-refractivity contribution is 0.251. The first-order valence-corrected chi connectivity index (χ1v) is 7.88. The Kier molecular flexibility index (Phi) is 3.87. The highest BCUT2D eigenvalue weighted by Crippen LogP contribution is 2.24. The number of hydrogen-bond acceptors (Lipinski definition) is 4. The van der Waals surface area contributed by atoms with Crippen molar-refractivity contribution in [2.45, 2.75) is 38.1 Å². The molecule has 2 aromatic heterocycles. The fourth-order valence-electron chi connectivity index (χ4n) is 2.08. The van der Waals surface area contributed by atoms with Gasteiger partial charge in [0.25, 0.3) is 0 Å². The summed E-state index contributed by atoms with van der Waals surface area (Å²) in [6.07, 6.45) is 5.44. The van der Waals surface area contributed by atoms with Crippen LogP contribution in [0.1, 0.15) is 25.6 Å². The van der Waals surface area contributed by atoms with Crippen molar-refractivity contribution in [3.63, 3.8) is 0 Å². The van der Waals surface area contributed by atoms with Crippen LogP contribution in [0.2, 0.25) is 0 Å². The third kappa shape index (κ3) is 3.21.